The van der Waals surface area contributed by atoms with E-state index in [4.69, 9.17) is 4.74 Å². The van der Waals surface area contributed by atoms with Gasteiger partial charge >= 0.3 is 6.61 Å². The zero-order valence-electron chi connectivity index (χ0n) is 12.6. The van der Waals surface area contributed by atoms with Gasteiger partial charge in [0.25, 0.3) is 0 Å². The molecular weight excluding hydrogens is 294 g/mol. The summed E-state index contributed by atoms with van der Waals surface area (Å²) in [4.78, 5) is 14.3. The Hall–Kier alpha value is -1.73. The molecule has 0 aromatic heterocycles. The normalized spacial score (nSPS) is 20.7. The van der Waals surface area contributed by atoms with Crippen LogP contribution in [0, 0.1) is 0 Å². The molecule has 0 spiro atoms. The molecule has 1 N–H and O–H groups in total. The number of alkyl halides is 2. The molecule has 5 nitrogen and oxygen atoms in total. The van der Waals surface area contributed by atoms with Crippen molar-refractivity contribution in [3.05, 3.63) is 24.3 Å². The number of anilines is 1. The molecule has 1 aromatic rings. The van der Waals surface area contributed by atoms with Crippen molar-refractivity contribution in [3.63, 3.8) is 0 Å². The van der Waals surface area contributed by atoms with Crippen LogP contribution < -0.4 is 10.1 Å². The van der Waals surface area contributed by atoms with Crippen molar-refractivity contribution < 1.29 is 23.0 Å². The highest BCUT2D eigenvalue weighted by Crippen LogP contribution is 2.18. The second-order valence-electron chi connectivity index (χ2n) is 5.24. The highest BCUT2D eigenvalue weighted by atomic mass is 19.3. The molecule has 1 aliphatic heterocycles. The van der Waals surface area contributed by atoms with E-state index in [1.54, 1.807) is 0 Å². The number of hydrogen-bond acceptors (Lipinski definition) is 4. The molecule has 1 fully saturated rings. The first-order valence-corrected chi connectivity index (χ1v) is 7.17. The molecule has 2 unspecified atom stereocenters. The number of nitrogens with zero attached hydrogens (tertiary/aromatic N) is 1. The molecule has 2 rings (SSSR count). The summed E-state index contributed by atoms with van der Waals surface area (Å²) in [7, 11) is 0. The van der Waals surface area contributed by atoms with Crippen molar-refractivity contribution in [2.24, 2.45) is 0 Å². The van der Waals surface area contributed by atoms with Crippen molar-refractivity contribution in [1.82, 2.24) is 4.90 Å². The van der Waals surface area contributed by atoms with E-state index in [9.17, 15) is 13.6 Å². The lowest BCUT2D eigenvalue weighted by molar-refractivity contribution is -0.123. The van der Waals surface area contributed by atoms with Crippen molar-refractivity contribution in [1.29, 1.82) is 0 Å². The van der Waals surface area contributed by atoms with Gasteiger partial charge in [0, 0.05) is 18.8 Å². The maximum Gasteiger partial charge on any atom is 0.387 e. The topological polar surface area (TPSA) is 50.8 Å². The van der Waals surface area contributed by atoms with E-state index < -0.39 is 6.61 Å². The second kappa shape index (κ2) is 7.51. The predicted octanol–water partition coefficient (Wildman–Crippen LogP) is 2.34. The lowest BCUT2D eigenvalue weighted by Crippen LogP contribution is -2.50. The Balaban J connectivity index is 1.90. The van der Waals surface area contributed by atoms with Gasteiger partial charge in [-0.25, -0.2) is 0 Å². The van der Waals surface area contributed by atoms with Crippen molar-refractivity contribution in [2.75, 3.05) is 25.0 Å². The van der Waals surface area contributed by atoms with Crippen molar-refractivity contribution in [3.8, 4) is 5.75 Å². The van der Waals surface area contributed by atoms with Gasteiger partial charge < -0.3 is 14.8 Å². The number of hydrogen-bond donors (Lipinski definition) is 1. The van der Waals surface area contributed by atoms with Crippen LogP contribution in [0.1, 0.15) is 13.8 Å². The summed E-state index contributed by atoms with van der Waals surface area (Å²) in [5, 5.41) is 2.77. The zero-order valence-corrected chi connectivity index (χ0v) is 12.6. The first-order chi connectivity index (χ1) is 10.5. The Bertz CT molecular complexity index is 496. The minimum Gasteiger partial charge on any atom is -0.435 e. The van der Waals surface area contributed by atoms with Crippen LogP contribution in [-0.4, -0.2) is 49.3 Å². The van der Waals surface area contributed by atoms with Gasteiger partial charge in [-0.3, -0.25) is 9.69 Å². The molecule has 1 aromatic carbocycles. The van der Waals surface area contributed by atoms with Gasteiger partial charge in [0.2, 0.25) is 5.91 Å². The van der Waals surface area contributed by atoms with Crippen molar-refractivity contribution in [2.45, 2.75) is 32.6 Å². The van der Waals surface area contributed by atoms with Crippen LogP contribution in [0.2, 0.25) is 0 Å². The summed E-state index contributed by atoms with van der Waals surface area (Å²) < 4.78 is 33.8. The number of carbonyl (C=O) groups is 1. The third-order valence-electron chi connectivity index (χ3n) is 3.55. The minimum atomic E-state index is -2.86. The molecular formula is C15H20F2N2O3. The van der Waals surface area contributed by atoms with E-state index in [1.165, 1.54) is 24.3 Å². The molecule has 0 saturated carbocycles. The Labute approximate surface area is 128 Å². The molecule has 7 heteroatoms. The first kappa shape index (κ1) is 16.6. The number of rotatable bonds is 5. The number of carbonyl (C=O) groups excluding carboxylic acids is 1. The molecule has 1 saturated heterocycles. The van der Waals surface area contributed by atoms with E-state index >= 15 is 0 Å². The summed E-state index contributed by atoms with van der Waals surface area (Å²) in [5.74, 6) is -0.0836. The highest BCUT2D eigenvalue weighted by molar-refractivity contribution is 5.94. The highest BCUT2D eigenvalue weighted by Gasteiger charge is 2.26. The smallest absolute Gasteiger partial charge is 0.387 e. The number of halogens is 2. The summed E-state index contributed by atoms with van der Waals surface area (Å²) >= 11 is 0. The average Bonchev–Trinajstić information content (AvgIpc) is 2.48. The monoisotopic (exact) mass is 314 g/mol. The fraction of sp³-hybridized carbons (Fsp3) is 0.533. The average molecular weight is 314 g/mol. The van der Waals surface area contributed by atoms with E-state index in [0.29, 0.717) is 25.4 Å². The molecule has 0 bridgehead atoms. The molecule has 0 aliphatic carbocycles. The van der Waals surface area contributed by atoms with Gasteiger partial charge in [-0.05, 0) is 38.1 Å². The van der Waals surface area contributed by atoms with Crippen LogP contribution in [0.3, 0.4) is 0 Å². The Kier molecular flexibility index (Phi) is 5.68. The minimum absolute atomic E-state index is 0.0584. The molecule has 1 amide bonds. The fourth-order valence-corrected chi connectivity index (χ4v) is 2.33. The van der Waals surface area contributed by atoms with Gasteiger partial charge in [0.05, 0.1) is 18.8 Å². The number of nitrogens with one attached hydrogen (secondary N) is 1. The second-order valence-corrected chi connectivity index (χ2v) is 5.24. The zero-order chi connectivity index (χ0) is 16.1. The summed E-state index contributed by atoms with van der Waals surface area (Å²) in [6.45, 7) is 2.97. The van der Waals surface area contributed by atoms with E-state index in [0.717, 1.165) is 0 Å². The van der Waals surface area contributed by atoms with Gasteiger partial charge in [-0.1, -0.05) is 0 Å². The van der Waals surface area contributed by atoms with Gasteiger partial charge in [0.15, 0.2) is 0 Å². The van der Waals surface area contributed by atoms with Gasteiger partial charge in [0.1, 0.15) is 5.75 Å². The quantitative estimate of drug-likeness (QED) is 0.906. The van der Waals surface area contributed by atoms with E-state index in [-0.39, 0.29) is 23.8 Å². The van der Waals surface area contributed by atoms with E-state index in [1.807, 2.05) is 13.8 Å². The molecule has 1 heterocycles. The van der Waals surface area contributed by atoms with Gasteiger partial charge in [-0.15, -0.1) is 0 Å². The molecule has 2 atom stereocenters. The Morgan fingerprint density at radius 1 is 1.41 bits per heavy atom. The molecule has 122 valence electrons. The maximum atomic E-state index is 12.2. The SMILES string of the molecule is CC1CN(C(C)C(=O)Nc2ccc(OC(F)F)cc2)CCO1. The number of morpholine rings is 1. The number of ether oxygens (including phenoxy) is 2. The maximum absolute atomic E-state index is 12.2. The number of amides is 1. The van der Waals surface area contributed by atoms with Crippen LogP contribution >= 0.6 is 0 Å². The first-order valence-electron chi connectivity index (χ1n) is 7.17. The summed E-state index contributed by atoms with van der Waals surface area (Å²) in [6.07, 6.45) is 0.106. The van der Waals surface area contributed by atoms with Crippen molar-refractivity contribution >= 4 is 11.6 Å². The largest absolute Gasteiger partial charge is 0.435 e. The van der Waals surface area contributed by atoms with Crippen LogP contribution in [0.4, 0.5) is 14.5 Å². The van der Waals surface area contributed by atoms with Crippen LogP contribution in [0.15, 0.2) is 24.3 Å². The van der Waals surface area contributed by atoms with E-state index in [2.05, 4.69) is 15.0 Å². The lowest BCUT2D eigenvalue weighted by Gasteiger charge is -2.34. The molecule has 1 aliphatic rings. The Morgan fingerprint density at radius 2 is 2.09 bits per heavy atom. The standard InChI is InChI=1S/C15H20F2N2O3/c1-10-9-19(7-8-21-10)11(2)14(20)18-12-3-5-13(6-4-12)22-15(16)17/h3-6,10-11,15H,7-9H2,1-2H3,(H,18,20). The molecule has 0 radical (unpaired) electrons. The fourth-order valence-electron chi connectivity index (χ4n) is 2.33. The summed E-state index contributed by atoms with van der Waals surface area (Å²) in [6, 6.07) is 5.56. The predicted molar refractivity (Wildman–Crippen MR) is 78.2 cm³/mol. The lowest BCUT2D eigenvalue weighted by atomic mass is 10.2. The van der Waals surface area contributed by atoms with Gasteiger partial charge in [-0.2, -0.15) is 8.78 Å². The number of benzene rings is 1. The summed E-state index contributed by atoms with van der Waals surface area (Å²) in [5.41, 5.74) is 0.541. The van der Waals surface area contributed by atoms with Crippen LogP contribution in [0.25, 0.3) is 0 Å². The third kappa shape index (κ3) is 4.64. The molecule has 22 heavy (non-hydrogen) atoms. The van der Waals surface area contributed by atoms with Crippen LogP contribution in [-0.2, 0) is 9.53 Å². The van der Waals surface area contributed by atoms with Crippen LogP contribution in [0.5, 0.6) is 5.75 Å². The third-order valence-corrected chi connectivity index (χ3v) is 3.55. The Morgan fingerprint density at radius 3 is 2.68 bits per heavy atom.